The van der Waals surface area contributed by atoms with Crippen LogP contribution in [0.2, 0.25) is 0 Å². The fraction of sp³-hybridized carbons (Fsp3) is 1.00. The molecule has 4 nitrogen and oxygen atoms in total. The summed E-state index contributed by atoms with van der Waals surface area (Å²) in [5.41, 5.74) is -4.93. The highest BCUT2D eigenvalue weighted by Crippen LogP contribution is 2.78. The van der Waals surface area contributed by atoms with Crippen molar-refractivity contribution in [3.63, 3.8) is 0 Å². The molecule has 0 saturated carbocycles. The van der Waals surface area contributed by atoms with E-state index in [9.17, 15) is 0 Å². The van der Waals surface area contributed by atoms with Crippen molar-refractivity contribution in [2.75, 3.05) is 6.61 Å². The van der Waals surface area contributed by atoms with Gasteiger partial charge in [0, 0.05) is 20.8 Å². The van der Waals surface area contributed by atoms with Crippen LogP contribution in [-0.2, 0) is 41.7 Å². The summed E-state index contributed by atoms with van der Waals surface area (Å²) in [7, 11) is 2.72. The molecule has 0 aliphatic rings. The molecule has 0 heterocycles. The highest BCUT2D eigenvalue weighted by molar-refractivity contribution is 9.17. The van der Waals surface area contributed by atoms with Gasteiger partial charge in [0.15, 0.2) is 0 Å². The number of hydrogen-bond acceptors (Lipinski definition) is 8. The fourth-order valence-electron chi connectivity index (χ4n) is 1.14. The first kappa shape index (κ1) is 22.8. The van der Waals surface area contributed by atoms with Crippen LogP contribution in [0.15, 0.2) is 0 Å². The lowest BCUT2D eigenvalue weighted by atomic mass is 10.5. The van der Waals surface area contributed by atoms with E-state index in [1.54, 1.807) is 0 Å². The molecule has 0 amide bonds. The van der Waals surface area contributed by atoms with Crippen LogP contribution in [0.5, 0.6) is 0 Å². The first-order valence-electron chi connectivity index (χ1n) is 6.79. The quantitative estimate of drug-likeness (QED) is 0.296. The molecule has 0 aromatic heterocycles. The number of hydrogen-bond donors (Lipinski definition) is 0. The predicted octanol–water partition coefficient (Wildman–Crippen LogP) is 6.13. The Labute approximate surface area is 147 Å². The third-order valence-corrected chi connectivity index (χ3v) is 17.0. The van der Waals surface area contributed by atoms with Gasteiger partial charge in [-0.2, -0.15) is 0 Å². The highest BCUT2D eigenvalue weighted by Gasteiger charge is 2.30. The molecule has 1 unspecified atom stereocenters. The average molecular weight is 413 g/mol. The molecule has 10 heteroatoms. The Morgan fingerprint density at radius 3 is 1.43 bits per heavy atom. The van der Waals surface area contributed by atoms with Gasteiger partial charge in [-0.1, -0.05) is 0 Å². The third-order valence-electron chi connectivity index (χ3n) is 1.52. The largest absolute Gasteiger partial charge is 0.321 e. The maximum absolute atomic E-state index is 5.83. The van der Waals surface area contributed by atoms with E-state index >= 15 is 0 Å². The van der Waals surface area contributed by atoms with Crippen molar-refractivity contribution in [2.24, 2.45) is 0 Å². The summed E-state index contributed by atoms with van der Waals surface area (Å²) < 4.78 is 23.1. The Bertz CT molecular complexity index is 376. The molecule has 0 aliphatic heterocycles. The van der Waals surface area contributed by atoms with Gasteiger partial charge in [-0.05, 0) is 72.1 Å². The minimum atomic E-state index is -2.48. The van der Waals surface area contributed by atoms with Crippen LogP contribution in [-0.4, -0.2) is 24.9 Å². The third kappa shape index (κ3) is 11.1. The maximum atomic E-state index is 5.83. The van der Waals surface area contributed by atoms with Gasteiger partial charge < -0.3 is 18.1 Å². The molecule has 128 valence electrons. The molecule has 0 fully saturated rings. The number of rotatable bonds is 11. The molecule has 0 aromatic rings. The summed E-state index contributed by atoms with van der Waals surface area (Å²) in [6.07, 6.45) is 0.00247. The van der Waals surface area contributed by atoms with Crippen molar-refractivity contribution in [1.29, 1.82) is 0 Å². The predicted molar refractivity (Wildman–Crippen MR) is 104 cm³/mol. The minimum absolute atomic E-state index is 0.00125. The fourth-order valence-corrected chi connectivity index (χ4v) is 19.7. The van der Waals surface area contributed by atoms with Crippen LogP contribution in [0.1, 0.15) is 48.5 Å². The summed E-state index contributed by atoms with van der Waals surface area (Å²) in [6.45, 7) is 14.1. The van der Waals surface area contributed by atoms with Crippen LogP contribution in [0, 0.1) is 0 Å². The van der Waals surface area contributed by atoms with E-state index in [1.807, 2.05) is 48.5 Å². The zero-order valence-corrected chi connectivity index (χ0v) is 18.7. The Balaban J connectivity index is 4.91. The van der Waals surface area contributed by atoms with Gasteiger partial charge in [0.05, 0.1) is 24.9 Å². The average Bonchev–Trinajstić information content (AvgIpc) is 2.23. The lowest BCUT2D eigenvalue weighted by molar-refractivity contribution is 0.186. The molecular formula is C11H26O4P2S4. The normalized spacial score (nSPS) is 15.9. The molecule has 1 atom stereocenters. The van der Waals surface area contributed by atoms with Crippen LogP contribution in [0.25, 0.3) is 0 Å². The SMILES string of the molecule is CCOP(=S)(OC(C)C)SSP(=S)(OC(C)C)OC(C)C. The van der Waals surface area contributed by atoms with E-state index in [1.165, 1.54) is 20.8 Å². The second-order valence-corrected chi connectivity index (χ2v) is 18.6. The Morgan fingerprint density at radius 1 is 0.762 bits per heavy atom. The Morgan fingerprint density at radius 2 is 1.10 bits per heavy atom. The van der Waals surface area contributed by atoms with Crippen LogP contribution >= 0.6 is 32.2 Å². The first-order valence-corrected chi connectivity index (χ1v) is 15.4. The van der Waals surface area contributed by atoms with Gasteiger partial charge >= 0.3 is 0 Å². The van der Waals surface area contributed by atoms with E-state index in [0.717, 1.165) is 0 Å². The second kappa shape index (κ2) is 10.7. The highest BCUT2D eigenvalue weighted by atomic mass is 33.5. The second-order valence-electron chi connectivity index (χ2n) is 4.92. The lowest BCUT2D eigenvalue weighted by Crippen LogP contribution is -2.05. The van der Waals surface area contributed by atoms with Gasteiger partial charge in [0.25, 0.3) is 11.4 Å². The van der Waals surface area contributed by atoms with Crippen molar-refractivity contribution in [1.82, 2.24) is 0 Å². The van der Waals surface area contributed by atoms with Crippen LogP contribution in [0.3, 0.4) is 0 Å². The summed E-state index contributed by atoms with van der Waals surface area (Å²) in [4.78, 5) is 0. The summed E-state index contributed by atoms with van der Waals surface area (Å²) in [5.74, 6) is 0. The van der Waals surface area contributed by atoms with Crippen LogP contribution in [0.4, 0.5) is 0 Å². The van der Waals surface area contributed by atoms with Gasteiger partial charge in [-0.25, -0.2) is 0 Å². The van der Waals surface area contributed by atoms with E-state index in [2.05, 4.69) is 0 Å². The van der Waals surface area contributed by atoms with E-state index in [-0.39, 0.29) is 18.3 Å². The topological polar surface area (TPSA) is 36.9 Å². The minimum Gasteiger partial charge on any atom is -0.321 e. The summed E-state index contributed by atoms with van der Waals surface area (Å²) in [6, 6.07) is 0. The maximum Gasteiger partial charge on any atom is 0.258 e. The molecule has 0 radical (unpaired) electrons. The van der Waals surface area contributed by atoms with Crippen LogP contribution < -0.4 is 0 Å². The molecule has 0 bridgehead atoms. The standard InChI is InChI=1S/C11H26O4P2S4/c1-8-12-16(18,13-9(2)3)20-21-17(19,14-10(4)5)15-11(6)7/h9-11H,8H2,1-7H3. The van der Waals surface area contributed by atoms with Gasteiger partial charge in [-0.15, -0.1) is 0 Å². The van der Waals surface area contributed by atoms with Crippen molar-refractivity contribution in [3.05, 3.63) is 0 Å². The molecular weight excluding hydrogens is 386 g/mol. The smallest absolute Gasteiger partial charge is 0.258 e. The van der Waals surface area contributed by atoms with Gasteiger partial charge in [0.1, 0.15) is 0 Å². The molecule has 0 spiro atoms. The molecule has 0 aliphatic carbocycles. The van der Waals surface area contributed by atoms with Crippen molar-refractivity contribution in [3.8, 4) is 0 Å². The van der Waals surface area contributed by atoms with Crippen molar-refractivity contribution < 1.29 is 18.1 Å². The molecule has 21 heavy (non-hydrogen) atoms. The van der Waals surface area contributed by atoms with Crippen molar-refractivity contribution >= 4 is 55.8 Å². The first-order chi connectivity index (χ1) is 9.52. The Hall–Kier alpha value is 1.84. The summed E-state index contributed by atoms with van der Waals surface area (Å²) >= 11 is 11.1. The molecule has 0 rings (SSSR count). The zero-order chi connectivity index (χ0) is 16.7. The lowest BCUT2D eigenvalue weighted by Gasteiger charge is -2.28. The molecule has 0 N–H and O–H groups in total. The molecule has 0 aromatic carbocycles. The van der Waals surface area contributed by atoms with E-state index < -0.39 is 11.4 Å². The van der Waals surface area contributed by atoms with Gasteiger partial charge in [-0.3, -0.25) is 0 Å². The van der Waals surface area contributed by atoms with Gasteiger partial charge in [0.2, 0.25) is 0 Å². The Kier molecular flexibility index (Phi) is 11.6. The zero-order valence-electron chi connectivity index (χ0n) is 13.6. The summed E-state index contributed by atoms with van der Waals surface area (Å²) in [5, 5.41) is 0. The van der Waals surface area contributed by atoms with E-state index in [4.69, 9.17) is 41.7 Å². The van der Waals surface area contributed by atoms with Crippen molar-refractivity contribution in [2.45, 2.75) is 66.8 Å². The van der Waals surface area contributed by atoms with E-state index in [0.29, 0.717) is 6.61 Å². The molecule has 0 saturated heterocycles. The monoisotopic (exact) mass is 412 g/mol.